The standard InChI is InChI=1S/C9H12O2STe/c1-13-7-9-4-2-8(3-5-9)6-12(10)11/h2-5H,6-7H2,1H3,(H,10,11). The minimum atomic E-state index is -1.72. The summed E-state index contributed by atoms with van der Waals surface area (Å²) in [5, 5.41) is 0. The average molecular weight is 312 g/mol. The van der Waals surface area contributed by atoms with Crippen LogP contribution in [0.2, 0.25) is 4.97 Å². The van der Waals surface area contributed by atoms with Gasteiger partial charge in [0.15, 0.2) is 0 Å². The molecule has 0 radical (unpaired) electrons. The van der Waals surface area contributed by atoms with Gasteiger partial charge in [0, 0.05) is 0 Å². The van der Waals surface area contributed by atoms with E-state index in [1.165, 1.54) is 10.0 Å². The monoisotopic (exact) mass is 314 g/mol. The van der Waals surface area contributed by atoms with Crippen molar-refractivity contribution >= 4 is 32.0 Å². The molecular weight excluding hydrogens is 300 g/mol. The zero-order valence-corrected chi connectivity index (χ0v) is 10.5. The first-order valence-electron chi connectivity index (χ1n) is 3.86. The van der Waals surface area contributed by atoms with Crippen molar-refractivity contribution in [3.8, 4) is 0 Å². The summed E-state index contributed by atoms with van der Waals surface area (Å²) in [6, 6.07) is 7.98. The van der Waals surface area contributed by atoms with E-state index >= 15 is 0 Å². The van der Waals surface area contributed by atoms with Gasteiger partial charge in [0.2, 0.25) is 0 Å². The quantitative estimate of drug-likeness (QED) is 0.678. The third-order valence-corrected chi connectivity index (χ3v) is 3.98. The zero-order valence-electron chi connectivity index (χ0n) is 7.40. The van der Waals surface area contributed by atoms with Crippen molar-refractivity contribution in [3.05, 3.63) is 35.4 Å². The van der Waals surface area contributed by atoms with E-state index in [1.807, 2.05) is 12.1 Å². The molecule has 1 aromatic carbocycles. The van der Waals surface area contributed by atoms with E-state index in [0.29, 0.717) is 0 Å². The van der Waals surface area contributed by atoms with Crippen LogP contribution in [-0.4, -0.2) is 29.7 Å². The third kappa shape index (κ3) is 4.23. The summed E-state index contributed by atoms with van der Waals surface area (Å²) in [6.45, 7) is 0. The van der Waals surface area contributed by atoms with E-state index in [1.54, 1.807) is 0 Å². The van der Waals surface area contributed by atoms with Gasteiger partial charge in [0.25, 0.3) is 0 Å². The molecule has 0 saturated heterocycles. The number of rotatable bonds is 4. The van der Waals surface area contributed by atoms with Crippen LogP contribution in [0, 0.1) is 0 Å². The van der Waals surface area contributed by atoms with Gasteiger partial charge < -0.3 is 0 Å². The maximum atomic E-state index is 10.5. The first kappa shape index (κ1) is 11.2. The zero-order chi connectivity index (χ0) is 9.68. The molecule has 72 valence electrons. The van der Waals surface area contributed by atoms with Gasteiger partial charge in [0.05, 0.1) is 0 Å². The Kier molecular flexibility index (Phi) is 4.97. The van der Waals surface area contributed by atoms with E-state index in [4.69, 9.17) is 4.55 Å². The molecule has 0 spiro atoms. The molecule has 1 aromatic rings. The summed E-state index contributed by atoms with van der Waals surface area (Å²) in [7, 11) is 0. The molecule has 0 aliphatic rings. The molecule has 0 bridgehead atoms. The molecular formula is C9H12O2STe. The maximum absolute atomic E-state index is 10.5. The minimum absolute atomic E-state index is 0.140. The van der Waals surface area contributed by atoms with Gasteiger partial charge in [-0.05, 0) is 0 Å². The van der Waals surface area contributed by atoms with Crippen LogP contribution in [0.25, 0.3) is 0 Å². The molecule has 1 atom stereocenters. The summed E-state index contributed by atoms with van der Waals surface area (Å²) in [4.78, 5) is 2.27. The molecule has 4 heteroatoms. The van der Waals surface area contributed by atoms with Crippen LogP contribution in [0.1, 0.15) is 11.1 Å². The van der Waals surface area contributed by atoms with Crippen LogP contribution in [0.3, 0.4) is 0 Å². The number of benzene rings is 1. The molecule has 0 aliphatic heterocycles. The molecule has 2 nitrogen and oxygen atoms in total. The van der Waals surface area contributed by atoms with E-state index in [0.717, 1.165) is 5.56 Å². The SMILES string of the molecule is C[Te]Cc1ccc(CS(=O)O)cc1. The van der Waals surface area contributed by atoms with Gasteiger partial charge in [-0.15, -0.1) is 0 Å². The predicted molar refractivity (Wildman–Crippen MR) is 56.2 cm³/mol. The van der Waals surface area contributed by atoms with Crippen LogP contribution in [0.4, 0.5) is 0 Å². The van der Waals surface area contributed by atoms with E-state index in [-0.39, 0.29) is 26.7 Å². The molecule has 0 aromatic heterocycles. The molecule has 0 heterocycles. The summed E-state index contributed by atoms with van der Waals surface area (Å²) < 4.78 is 20.4. The second-order valence-corrected chi connectivity index (χ2v) is 6.12. The van der Waals surface area contributed by atoms with Gasteiger partial charge in [-0.25, -0.2) is 0 Å². The molecule has 0 fully saturated rings. The third-order valence-electron chi connectivity index (χ3n) is 1.62. The van der Waals surface area contributed by atoms with Crippen LogP contribution in [0.5, 0.6) is 0 Å². The topological polar surface area (TPSA) is 37.3 Å². The van der Waals surface area contributed by atoms with Crippen molar-refractivity contribution in [2.24, 2.45) is 0 Å². The Morgan fingerprint density at radius 3 is 2.31 bits per heavy atom. The van der Waals surface area contributed by atoms with Crippen molar-refractivity contribution in [1.82, 2.24) is 0 Å². The normalized spacial score (nSPS) is 12.8. The van der Waals surface area contributed by atoms with Gasteiger partial charge in [0.1, 0.15) is 0 Å². The Morgan fingerprint density at radius 2 is 1.85 bits per heavy atom. The Morgan fingerprint density at radius 1 is 1.31 bits per heavy atom. The van der Waals surface area contributed by atoms with Crippen LogP contribution >= 0.6 is 0 Å². The van der Waals surface area contributed by atoms with Crippen LogP contribution in [0.15, 0.2) is 24.3 Å². The Labute approximate surface area is 91.1 Å². The van der Waals surface area contributed by atoms with E-state index in [2.05, 4.69) is 17.1 Å². The molecule has 0 aliphatic carbocycles. The summed E-state index contributed by atoms with van der Waals surface area (Å²) in [5.41, 5.74) is 2.28. The molecule has 1 unspecified atom stereocenters. The molecule has 1 rings (SSSR count). The second kappa shape index (κ2) is 5.77. The van der Waals surface area contributed by atoms with Crippen molar-refractivity contribution < 1.29 is 8.76 Å². The summed E-state index contributed by atoms with van der Waals surface area (Å²) in [5.74, 6) is 0.239. The Hall–Kier alpha value is 0.120. The fourth-order valence-electron chi connectivity index (χ4n) is 1.04. The number of hydrogen-bond acceptors (Lipinski definition) is 1. The second-order valence-electron chi connectivity index (χ2n) is 2.72. The fraction of sp³-hybridized carbons (Fsp3) is 0.333. The van der Waals surface area contributed by atoms with Crippen molar-refractivity contribution in [3.63, 3.8) is 0 Å². The van der Waals surface area contributed by atoms with Crippen LogP contribution < -0.4 is 0 Å². The van der Waals surface area contributed by atoms with Gasteiger partial charge >= 0.3 is 91.4 Å². The van der Waals surface area contributed by atoms with Crippen molar-refractivity contribution in [2.75, 3.05) is 0 Å². The van der Waals surface area contributed by atoms with Gasteiger partial charge in [-0.2, -0.15) is 0 Å². The fourth-order valence-corrected chi connectivity index (χ4v) is 3.02. The van der Waals surface area contributed by atoms with Crippen molar-refractivity contribution in [2.45, 2.75) is 15.2 Å². The van der Waals surface area contributed by atoms with E-state index < -0.39 is 11.1 Å². The van der Waals surface area contributed by atoms with Gasteiger partial charge in [-0.3, -0.25) is 0 Å². The predicted octanol–water partition coefficient (Wildman–Crippen LogP) is 1.66. The summed E-state index contributed by atoms with van der Waals surface area (Å²) >= 11 is -1.58. The number of hydrogen-bond donors (Lipinski definition) is 1. The van der Waals surface area contributed by atoms with E-state index in [9.17, 15) is 4.21 Å². The molecule has 0 saturated carbocycles. The molecule has 1 N–H and O–H groups in total. The summed E-state index contributed by atoms with van der Waals surface area (Å²) in [6.07, 6.45) is 0. The first-order valence-corrected chi connectivity index (χ1v) is 9.12. The molecule has 0 amide bonds. The molecule has 13 heavy (non-hydrogen) atoms. The van der Waals surface area contributed by atoms with Gasteiger partial charge in [-0.1, -0.05) is 0 Å². The first-order chi connectivity index (χ1) is 6.22. The van der Waals surface area contributed by atoms with Crippen molar-refractivity contribution in [1.29, 1.82) is 0 Å². The Bertz CT molecular complexity index is 284. The van der Waals surface area contributed by atoms with Crippen LogP contribution in [-0.2, 0) is 21.3 Å². The Balaban J connectivity index is 2.64. The average Bonchev–Trinajstić information content (AvgIpc) is 2.08.